The molecule has 0 aliphatic carbocycles. The van der Waals surface area contributed by atoms with Crippen molar-refractivity contribution in [1.82, 2.24) is 9.97 Å². The minimum atomic E-state index is -4.84. The molecule has 0 amide bonds. The summed E-state index contributed by atoms with van der Waals surface area (Å²) in [4.78, 5) is 11.8. The number of hydrogen-bond donors (Lipinski definition) is 1. The molecule has 2 N–H and O–H groups in total. The van der Waals surface area contributed by atoms with E-state index in [9.17, 15) is 21.6 Å². The summed E-state index contributed by atoms with van der Waals surface area (Å²) in [5.41, 5.74) is 4.39. The Labute approximate surface area is 193 Å². The highest BCUT2D eigenvalue weighted by Gasteiger charge is 2.37. The minimum Gasteiger partial charge on any atom is -0.378 e. The van der Waals surface area contributed by atoms with Crippen LogP contribution >= 0.6 is 0 Å². The van der Waals surface area contributed by atoms with Gasteiger partial charge in [0.05, 0.1) is 29.6 Å². The molecule has 1 fully saturated rings. The Morgan fingerprint density at radius 1 is 1.06 bits per heavy atom. The molecule has 176 valence electrons. The number of anilines is 2. The fourth-order valence-electron chi connectivity index (χ4n) is 3.56. The van der Waals surface area contributed by atoms with E-state index in [-0.39, 0.29) is 21.0 Å². The molecule has 0 bridgehead atoms. The van der Waals surface area contributed by atoms with Crippen molar-refractivity contribution >= 4 is 27.2 Å². The largest absolute Gasteiger partial charge is 0.434 e. The molecule has 12 heteroatoms. The molecule has 0 radical (unpaired) electrons. The second-order valence-corrected chi connectivity index (χ2v) is 9.36. The number of sulfone groups is 1. The Kier molecular flexibility index (Phi) is 6.16. The third-order valence-corrected chi connectivity index (χ3v) is 6.99. The molecule has 0 atom stereocenters. The van der Waals surface area contributed by atoms with Gasteiger partial charge in [0.2, 0.25) is 15.8 Å². The first kappa shape index (κ1) is 23.5. The van der Waals surface area contributed by atoms with Gasteiger partial charge >= 0.3 is 6.18 Å². The first-order chi connectivity index (χ1) is 16.1. The van der Waals surface area contributed by atoms with E-state index in [2.05, 4.69) is 14.8 Å². The Balaban J connectivity index is 1.92. The molecule has 1 aromatic heterocycles. The van der Waals surface area contributed by atoms with Crippen LogP contribution in [-0.2, 0) is 20.8 Å². The minimum absolute atomic E-state index is 0.0207. The number of nitrogens with two attached hydrogens (primary N) is 1. The number of ether oxygens (including phenoxy) is 1. The van der Waals surface area contributed by atoms with Crippen LogP contribution in [0.4, 0.5) is 30.5 Å². The van der Waals surface area contributed by atoms with Crippen molar-refractivity contribution in [2.45, 2.75) is 16.0 Å². The number of nitrogens with zero attached hydrogens (tertiary/aromatic N) is 4. The van der Waals surface area contributed by atoms with Crippen molar-refractivity contribution in [1.29, 1.82) is 0 Å². The smallest absolute Gasteiger partial charge is 0.378 e. The van der Waals surface area contributed by atoms with Gasteiger partial charge in [0.1, 0.15) is 0 Å². The highest BCUT2D eigenvalue weighted by molar-refractivity contribution is 7.91. The SMILES string of the molecule is [C-]#[N+]c1ccc(S(=O)(=O)c2cc(-c3cnc(N)nc3C(F)(F)F)cc(N3CCOCC3)c2)cc1. The van der Waals surface area contributed by atoms with Crippen LogP contribution in [0.5, 0.6) is 0 Å². The molecule has 1 aliphatic heterocycles. The maximum Gasteiger partial charge on any atom is 0.434 e. The molecule has 0 spiro atoms. The van der Waals surface area contributed by atoms with E-state index < -0.39 is 33.2 Å². The van der Waals surface area contributed by atoms with E-state index in [0.717, 1.165) is 12.3 Å². The van der Waals surface area contributed by atoms with Crippen LogP contribution in [-0.4, -0.2) is 44.7 Å². The zero-order valence-corrected chi connectivity index (χ0v) is 18.4. The van der Waals surface area contributed by atoms with Crippen molar-refractivity contribution < 1.29 is 26.3 Å². The normalized spacial score (nSPS) is 14.6. The second-order valence-electron chi connectivity index (χ2n) is 7.41. The van der Waals surface area contributed by atoms with E-state index in [4.69, 9.17) is 17.0 Å². The van der Waals surface area contributed by atoms with E-state index >= 15 is 0 Å². The van der Waals surface area contributed by atoms with Crippen LogP contribution < -0.4 is 10.6 Å². The molecule has 8 nitrogen and oxygen atoms in total. The number of rotatable bonds is 4. The molecule has 3 aromatic rings. The summed E-state index contributed by atoms with van der Waals surface area (Å²) in [6, 6.07) is 9.35. The van der Waals surface area contributed by atoms with Gasteiger partial charge in [0.15, 0.2) is 11.4 Å². The Hall–Kier alpha value is -3.69. The number of nitrogen functional groups attached to an aromatic ring is 1. The Bertz CT molecular complexity index is 1360. The van der Waals surface area contributed by atoms with Crippen LogP contribution in [0.3, 0.4) is 0 Å². The lowest BCUT2D eigenvalue weighted by atomic mass is 10.0. The lowest BCUT2D eigenvalue weighted by Gasteiger charge is -2.29. The first-order valence-corrected chi connectivity index (χ1v) is 11.5. The lowest BCUT2D eigenvalue weighted by molar-refractivity contribution is -0.140. The highest BCUT2D eigenvalue weighted by atomic mass is 32.2. The average Bonchev–Trinajstić information content (AvgIpc) is 2.83. The summed E-state index contributed by atoms with van der Waals surface area (Å²) in [7, 11) is -4.12. The third kappa shape index (κ3) is 4.66. The lowest BCUT2D eigenvalue weighted by Crippen LogP contribution is -2.36. The number of aromatic nitrogens is 2. The molecule has 2 heterocycles. The number of halogens is 3. The number of morpholine rings is 1. The molecule has 4 rings (SSSR count). The quantitative estimate of drug-likeness (QED) is 0.554. The zero-order valence-electron chi connectivity index (χ0n) is 17.6. The number of hydrogen-bond acceptors (Lipinski definition) is 7. The van der Waals surface area contributed by atoms with Gasteiger partial charge in [-0.2, -0.15) is 13.2 Å². The fourth-order valence-corrected chi connectivity index (χ4v) is 4.88. The molecular formula is C22H18F3N5O3S. The van der Waals surface area contributed by atoms with E-state index in [0.29, 0.717) is 32.0 Å². The summed E-state index contributed by atoms with van der Waals surface area (Å²) in [5, 5.41) is 0. The molecule has 0 unspecified atom stereocenters. The zero-order chi connectivity index (χ0) is 24.5. The monoisotopic (exact) mass is 489 g/mol. The fraction of sp³-hybridized carbons (Fsp3) is 0.227. The first-order valence-electron chi connectivity index (χ1n) is 10.00. The number of alkyl halides is 3. The molecule has 1 aliphatic rings. The predicted molar refractivity (Wildman–Crippen MR) is 118 cm³/mol. The molecule has 34 heavy (non-hydrogen) atoms. The van der Waals surface area contributed by atoms with Gasteiger partial charge < -0.3 is 15.4 Å². The van der Waals surface area contributed by atoms with Crippen molar-refractivity contribution in [3.05, 3.63) is 65.8 Å². The van der Waals surface area contributed by atoms with E-state index in [1.165, 1.54) is 36.4 Å². The third-order valence-electron chi connectivity index (χ3n) is 5.24. The summed E-state index contributed by atoms with van der Waals surface area (Å²) < 4.78 is 73.3. The van der Waals surface area contributed by atoms with Crippen LogP contribution in [0.2, 0.25) is 0 Å². The molecule has 0 saturated carbocycles. The summed E-state index contributed by atoms with van der Waals surface area (Å²) in [6.07, 6.45) is -3.90. The van der Waals surface area contributed by atoms with Crippen molar-refractivity contribution in [2.24, 2.45) is 0 Å². The van der Waals surface area contributed by atoms with Gasteiger partial charge in [-0.25, -0.2) is 23.2 Å². The number of benzene rings is 2. The van der Waals surface area contributed by atoms with Gasteiger partial charge in [-0.1, -0.05) is 24.3 Å². The van der Waals surface area contributed by atoms with Crippen LogP contribution in [0.1, 0.15) is 5.69 Å². The highest BCUT2D eigenvalue weighted by Crippen LogP contribution is 2.38. The average molecular weight is 489 g/mol. The van der Waals surface area contributed by atoms with Gasteiger partial charge in [-0.3, -0.25) is 0 Å². The van der Waals surface area contributed by atoms with Crippen LogP contribution in [0, 0.1) is 6.57 Å². The summed E-state index contributed by atoms with van der Waals surface area (Å²) in [5.74, 6) is -0.548. The topological polar surface area (TPSA) is 103 Å². The Morgan fingerprint density at radius 2 is 1.74 bits per heavy atom. The van der Waals surface area contributed by atoms with Crippen LogP contribution in [0.15, 0.2) is 58.5 Å². The van der Waals surface area contributed by atoms with Crippen molar-refractivity contribution in [3.63, 3.8) is 0 Å². The van der Waals surface area contributed by atoms with E-state index in [1.807, 2.05) is 4.90 Å². The van der Waals surface area contributed by atoms with Crippen molar-refractivity contribution in [2.75, 3.05) is 36.9 Å². The van der Waals surface area contributed by atoms with Gasteiger partial charge in [0, 0.05) is 30.5 Å². The van der Waals surface area contributed by atoms with Crippen LogP contribution in [0.25, 0.3) is 16.0 Å². The maximum atomic E-state index is 13.7. The van der Waals surface area contributed by atoms with Crippen molar-refractivity contribution in [3.8, 4) is 11.1 Å². The van der Waals surface area contributed by atoms with E-state index in [1.54, 1.807) is 0 Å². The summed E-state index contributed by atoms with van der Waals surface area (Å²) >= 11 is 0. The van der Waals surface area contributed by atoms with Gasteiger partial charge in [-0.05, 0) is 23.8 Å². The van der Waals surface area contributed by atoms with Gasteiger partial charge in [-0.15, -0.1) is 0 Å². The standard InChI is InChI=1S/C22H18F3N5O3S/c1-27-15-2-4-17(5-3-15)34(31,32)18-11-14(10-16(12-18)30-6-8-33-9-7-30)19-13-28-21(26)29-20(19)22(23,24)25/h2-5,10-13H,6-9H2,(H2,26,28,29). The molecular weight excluding hydrogens is 471 g/mol. The Morgan fingerprint density at radius 3 is 2.35 bits per heavy atom. The molecule has 2 aromatic carbocycles. The predicted octanol–water partition coefficient (Wildman–Crippen LogP) is 3.96. The second kappa shape index (κ2) is 8.92. The van der Waals surface area contributed by atoms with Gasteiger partial charge in [0.25, 0.3) is 0 Å². The summed E-state index contributed by atoms with van der Waals surface area (Å²) in [6.45, 7) is 8.69. The molecule has 1 saturated heterocycles. The maximum absolute atomic E-state index is 13.7.